The molecule has 1 amide bonds. The first-order chi connectivity index (χ1) is 11.4. The molecule has 3 nitrogen and oxygen atoms in total. The van der Waals surface area contributed by atoms with Gasteiger partial charge in [-0.3, -0.25) is 10.1 Å². The van der Waals surface area contributed by atoms with Crippen LogP contribution in [-0.4, -0.2) is 10.9 Å². The van der Waals surface area contributed by atoms with Crippen molar-refractivity contribution in [1.82, 2.24) is 4.98 Å². The van der Waals surface area contributed by atoms with Crippen molar-refractivity contribution in [3.05, 3.63) is 68.5 Å². The van der Waals surface area contributed by atoms with Gasteiger partial charge < -0.3 is 0 Å². The highest BCUT2D eigenvalue weighted by molar-refractivity contribution is 9.10. The number of carbonyl (C=O) groups is 1. The molecular formula is C16H8BrClF2N2OS. The third-order valence-corrected chi connectivity index (χ3v) is 4.66. The van der Waals surface area contributed by atoms with Crippen LogP contribution in [-0.2, 0) is 0 Å². The molecule has 0 atom stereocenters. The first-order valence-electron chi connectivity index (χ1n) is 6.61. The van der Waals surface area contributed by atoms with E-state index in [4.69, 9.17) is 11.6 Å². The van der Waals surface area contributed by atoms with Crippen molar-refractivity contribution in [3.8, 4) is 11.3 Å². The van der Waals surface area contributed by atoms with Crippen molar-refractivity contribution in [2.45, 2.75) is 0 Å². The summed E-state index contributed by atoms with van der Waals surface area (Å²) in [5.74, 6) is -2.91. The Hall–Kier alpha value is -1.83. The van der Waals surface area contributed by atoms with E-state index in [2.05, 4.69) is 26.2 Å². The molecule has 1 N–H and O–H groups in total. The average molecular weight is 430 g/mol. The number of carbonyl (C=O) groups excluding carboxylic acids is 1. The highest BCUT2D eigenvalue weighted by Gasteiger charge is 2.16. The highest BCUT2D eigenvalue weighted by atomic mass is 79.9. The zero-order chi connectivity index (χ0) is 17.3. The zero-order valence-corrected chi connectivity index (χ0v) is 15.0. The van der Waals surface area contributed by atoms with Gasteiger partial charge >= 0.3 is 0 Å². The van der Waals surface area contributed by atoms with E-state index in [9.17, 15) is 13.6 Å². The standard InChI is InChI=1S/C16H8BrClF2N2OS/c17-9-3-1-2-8(4-9)14-7-24-16(21-14)22-15(23)10-5-12(19)13(20)6-11(10)18/h1-7H,(H,21,22,23). The number of nitrogens with zero attached hydrogens (tertiary/aromatic N) is 1. The predicted octanol–water partition coefficient (Wildman–Crippen LogP) is 5.76. The molecule has 8 heteroatoms. The Morgan fingerprint density at radius 3 is 2.71 bits per heavy atom. The second-order valence-electron chi connectivity index (χ2n) is 4.75. The molecule has 0 radical (unpaired) electrons. The summed E-state index contributed by atoms with van der Waals surface area (Å²) in [6, 6.07) is 9.07. The first-order valence-corrected chi connectivity index (χ1v) is 8.66. The minimum absolute atomic E-state index is 0.158. The minimum atomic E-state index is -1.14. The fourth-order valence-electron chi connectivity index (χ4n) is 1.97. The molecule has 0 aliphatic heterocycles. The van der Waals surface area contributed by atoms with Crippen LogP contribution in [0.25, 0.3) is 11.3 Å². The molecule has 122 valence electrons. The van der Waals surface area contributed by atoms with Crippen LogP contribution in [0, 0.1) is 11.6 Å². The second-order valence-corrected chi connectivity index (χ2v) is 6.93. The lowest BCUT2D eigenvalue weighted by Crippen LogP contribution is -2.13. The van der Waals surface area contributed by atoms with E-state index in [-0.39, 0.29) is 10.6 Å². The van der Waals surface area contributed by atoms with E-state index in [1.807, 2.05) is 24.3 Å². The van der Waals surface area contributed by atoms with Crippen molar-refractivity contribution in [2.24, 2.45) is 0 Å². The minimum Gasteiger partial charge on any atom is -0.298 e. The van der Waals surface area contributed by atoms with E-state index < -0.39 is 17.5 Å². The van der Waals surface area contributed by atoms with Gasteiger partial charge in [0.2, 0.25) is 0 Å². The van der Waals surface area contributed by atoms with Crippen LogP contribution in [0.3, 0.4) is 0 Å². The molecule has 0 aliphatic rings. The van der Waals surface area contributed by atoms with Gasteiger partial charge in [-0.25, -0.2) is 13.8 Å². The number of hydrogen-bond acceptors (Lipinski definition) is 3. The SMILES string of the molecule is O=C(Nc1nc(-c2cccc(Br)c2)cs1)c1cc(F)c(F)cc1Cl. The molecule has 0 saturated carbocycles. The molecule has 1 aromatic heterocycles. The third-order valence-electron chi connectivity index (χ3n) is 3.10. The molecule has 0 unspecified atom stereocenters. The Morgan fingerprint density at radius 2 is 1.96 bits per heavy atom. The molecule has 3 aromatic rings. The number of nitrogens with one attached hydrogen (secondary N) is 1. The molecule has 2 aromatic carbocycles. The number of amides is 1. The predicted molar refractivity (Wildman–Crippen MR) is 94.6 cm³/mol. The van der Waals surface area contributed by atoms with Crippen molar-refractivity contribution in [3.63, 3.8) is 0 Å². The Morgan fingerprint density at radius 1 is 1.21 bits per heavy atom. The van der Waals surface area contributed by atoms with Crippen molar-refractivity contribution < 1.29 is 13.6 Å². The Kier molecular flexibility index (Phi) is 4.93. The summed E-state index contributed by atoms with van der Waals surface area (Å²) in [4.78, 5) is 16.5. The third kappa shape index (κ3) is 3.63. The molecule has 0 saturated heterocycles. The van der Waals surface area contributed by atoms with Gasteiger partial charge in [-0.15, -0.1) is 11.3 Å². The lowest BCUT2D eigenvalue weighted by Gasteiger charge is -2.05. The van der Waals surface area contributed by atoms with E-state index in [1.165, 1.54) is 11.3 Å². The van der Waals surface area contributed by atoms with E-state index in [0.717, 1.165) is 22.2 Å². The number of halogens is 4. The molecule has 1 heterocycles. The van der Waals surface area contributed by atoms with Crippen molar-refractivity contribution >= 4 is 49.9 Å². The monoisotopic (exact) mass is 428 g/mol. The molecule has 0 aliphatic carbocycles. The molecule has 0 spiro atoms. The van der Waals surface area contributed by atoms with Crippen LogP contribution in [0.4, 0.5) is 13.9 Å². The Bertz CT molecular complexity index is 932. The number of thiazole rings is 1. The summed E-state index contributed by atoms with van der Waals surface area (Å²) < 4.78 is 27.3. The molecule has 0 bridgehead atoms. The summed E-state index contributed by atoms with van der Waals surface area (Å²) in [5, 5.41) is 4.47. The summed E-state index contributed by atoms with van der Waals surface area (Å²) >= 11 is 10.4. The van der Waals surface area contributed by atoms with E-state index in [1.54, 1.807) is 5.38 Å². The fourth-order valence-corrected chi connectivity index (χ4v) is 3.32. The van der Waals surface area contributed by atoms with Crippen molar-refractivity contribution in [1.29, 1.82) is 0 Å². The normalized spacial score (nSPS) is 10.7. The van der Waals surface area contributed by atoms with Gasteiger partial charge in [-0.1, -0.05) is 39.7 Å². The quantitative estimate of drug-likeness (QED) is 0.538. The number of anilines is 1. The zero-order valence-electron chi connectivity index (χ0n) is 11.8. The van der Waals surface area contributed by atoms with Gasteiger partial charge in [-0.05, 0) is 24.3 Å². The van der Waals surface area contributed by atoms with Crippen LogP contribution < -0.4 is 5.32 Å². The smallest absolute Gasteiger partial charge is 0.259 e. The first kappa shape index (κ1) is 17.0. The van der Waals surface area contributed by atoms with Gasteiger partial charge in [0.25, 0.3) is 5.91 Å². The lowest BCUT2D eigenvalue weighted by atomic mass is 10.2. The Balaban J connectivity index is 1.82. The highest BCUT2D eigenvalue weighted by Crippen LogP contribution is 2.28. The Labute approximate surface area is 153 Å². The van der Waals surface area contributed by atoms with Crippen LogP contribution in [0.5, 0.6) is 0 Å². The topological polar surface area (TPSA) is 42.0 Å². The van der Waals surface area contributed by atoms with E-state index >= 15 is 0 Å². The van der Waals surface area contributed by atoms with Crippen LogP contribution in [0.15, 0.2) is 46.3 Å². The fraction of sp³-hybridized carbons (Fsp3) is 0. The molecule has 24 heavy (non-hydrogen) atoms. The molecule has 3 rings (SSSR count). The maximum absolute atomic E-state index is 13.3. The van der Waals surface area contributed by atoms with Crippen LogP contribution in [0.2, 0.25) is 5.02 Å². The number of hydrogen-bond donors (Lipinski definition) is 1. The van der Waals surface area contributed by atoms with Gasteiger partial charge in [0.15, 0.2) is 16.8 Å². The maximum atomic E-state index is 13.3. The summed E-state index contributed by atoms with van der Waals surface area (Å²) in [6.07, 6.45) is 0. The number of rotatable bonds is 3. The lowest BCUT2D eigenvalue weighted by molar-refractivity contribution is 0.102. The molecular weight excluding hydrogens is 422 g/mol. The van der Waals surface area contributed by atoms with Gasteiger partial charge in [-0.2, -0.15) is 0 Å². The van der Waals surface area contributed by atoms with Crippen LogP contribution >= 0.6 is 38.9 Å². The van der Waals surface area contributed by atoms with Gasteiger partial charge in [0.05, 0.1) is 16.3 Å². The number of aromatic nitrogens is 1. The molecule has 0 fully saturated rings. The van der Waals surface area contributed by atoms with Gasteiger partial charge in [0.1, 0.15) is 0 Å². The van der Waals surface area contributed by atoms with Crippen molar-refractivity contribution in [2.75, 3.05) is 5.32 Å². The largest absolute Gasteiger partial charge is 0.298 e. The average Bonchev–Trinajstić information content (AvgIpc) is 2.99. The number of benzene rings is 2. The van der Waals surface area contributed by atoms with Gasteiger partial charge in [0, 0.05) is 15.4 Å². The summed E-state index contributed by atoms with van der Waals surface area (Å²) in [6.45, 7) is 0. The summed E-state index contributed by atoms with van der Waals surface area (Å²) in [7, 11) is 0. The summed E-state index contributed by atoms with van der Waals surface area (Å²) in [5.41, 5.74) is 1.41. The van der Waals surface area contributed by atoms with E-state index in [0.29, 0.717) is 10.8 Å². The maximum Gasteiger partial charge on any atom is 0.259 e. The second kappa shape index (κ2) is 6.96. The van der Waals surface area contributed by atoms with Crippen LogP contribution in [0.1, 0.15) is 10.4 Å².